The van der Waals surface area contributed by atoms with Gasteiger partial charge in [0.25, 0.3) is 5.91 Å². The third-order valence-corrected chi connectivity index (χ3v) is 4.28. The number of carbonyl (C=O) groups is 2. The summed E-state index contributed by atoms with van der Waals surface area (Å²) >= 11 is 0. The van der Waals surface area contributed by atoms with Crippen LogP contribution in [0.15, 0.2) is 54.6 Å². The van der Waals surface area contributed by atoms with Crippen LogP contribution < -0.4 is 15.5 Å². The highest BCUT2D eigenvalue weighted by molar-refractivity contribution is 6.06. The highest BCUT2D eigenvalue weighted by Crippen LogP contribution is 2.18. The predicted octanol–water partition coefficient (Wildman–Crippen LogP) is 3.26. The van der Waals surface area contributed by atoms with E-state index >= 15 is 0 Å². The lowest BCUT2D eigenvalue weighted by atomic mass is 10.1. The van der Waals surface area contributed by atoms with Crippen molar-refractivity contribution in [3.63, 3.8) is 0 Å². The van der Waals surface area contributed by atoms with Crippen LogP contribution in [0.2, 0.25) is 0 Å². The number of amides is 3. The molecule has 0 saturated carbocycles. The zero-order valence-corrected chi connectivity index (χ0v) is 14.8. The van der Waals surface area contributed by atoms with Crippen molar-refractivity contribution in [3.05, 3.63) is 60.2 Å². The van der Waals surface area contributed by atoms with Gasteiger partial charge in [0.05, 0.1) is 12.6 Å². The van der Waals surface area contributed by atoms with Crippen molar-refractivity contribution in [2.45, 2.75) is 19.4 Å². The lowest BCUT2D eigenvalue weighted by Gasteiger charge is -2.21. The fourth-order valence-corrected chi connectivity index (χ4v) is 2.90. The first-order valence-electron chi connectivity index (χ1n) is 8.79. The molecule has 0 spiro atoms. The molecule has 0 aromatic heterocycles. The summed E-state index contributed by atoms with van der Waals surface area (Å²) in [7, 11) is 0. The molecule has 1 heterocycles. The molecule has 1 saturated heterocycles. The van der Waals surface area contributed by atoms with E-state index < -0.39 is 0 Å². The highest BCUT2D eigenvalue weighted by Gasteiger charge is 2.18. The third kappa shape index (κ3) is 4.40. The van der Waals surface area contributed by atoms with Crippen molar-refractivity contribution < 1.29 is 14.3 Å². The fraction of sp³-hybridized carbons (Fsp3) is 0.300. The largest absolute Gasteiger partial charge is 0.379 e. The standard InChI is InChI=1S/C20H23N3O3/c1-2-23(18-6-4-3-5-7-18)19(24)15-8-10-16(11-9-15)21-20(25)22-17-12-13-26-14-17/h3-11,17H,2,12-14H2,1H3,(H2,21,22,25). The lowest BCUT2D eigenvalue weighted by molar-refractivity contribution is 0.0988. The summed E-state index contributed by atoms with van der Waals surface area (Å²) in [6.45, 7) is 3.75. The quantitative estimate of drug-likeness (QED) is 0.867. The van der Waals surface area contributed by atoms with Crippen LogP contribution in [-0.4, -0.2) is 37.7 Å². The van der Waals surface area contributed by atoms with Crippen LogP contribution in [0.3, 0.4) is 0 Å². The number of anilines is 2. The summed E-state index contributed by atoms with van der Waals surface area (Å²) in [4.78, 5) is 26.4. The smallest absolute Gasteiger partial charge is 0.319 e. The number of ether oxygens (including phenoxy) is 1. The van der Waals surface area contributed by atoms with Gasteiger partial charge < -0.3 is 20.3 Å². The molecule has 2 aromatic carbocycles. The number of hydrogen-bond acceptors (Lipinski definition) is 3. The Kier molecular flexibility index (Phi) is 5.86. The molecular formula is C20H23N3O3. The number of para-hydroxylation sites is 1. The van der Waals surface area contributed by atoms with Gasteiger partial charge in [-0.25, -0.2) is 4.79 Å². The maximum atomic E-state index is 12.8. The minimum absolute atomic E-state index is 0.0554. The zero-order valence-electron chi connectivity index (χ0n) is 14.8. The van der Waals surface area contributed by atoms with E-state index in [9.17, 15) is 9.59 Å². The molecule has 1 unspecified atom stereocenters. The molecule has 6 nitrogen and oxygen atoms in total. The SMILES string of the molecule is CCN(C(=O)c1ccc(NC(=O)NC2CCOC2)cc1)c1ccccc1. The fourth-order valence-electron chi connectivity index (χ4n) is 2.90. The van der Waals surface area contributed by atoms with Crippen LogP contribution >= 0.6 is 0 Å². The Bertz CT molecular complexity index is 741. The van der Waals surface area contributed by atoms with E-state index in [0.29, 0.717) is 31.0 Å². The minimum Gasteiger partial charge on any atom is -0.379 e. The summed E-state index contributed by atoms with van der Waals surface area (Å²) in [5.41, 5.74) is 2.08. The second-order valence-electron chi connectivity index (χ2n) is 6.12. The van der Waals surface area contributed by atoms with Crippen LogP contribution in [-0.2, 0) is 4.74 Å². The van der Waals surface area contributed by atoms with Gasteiger partial charge in [0.1, 0.15) is 0 Å². The van der Waals surface area contributed by atoms with Crippen molar-refractivity contribution in [2.75, 3.05) is 30.0 Å². The van der Waals surface area contributed by atoms with E-state index in [0.717, 1.165) is 12.1 Å². The molecular weight excluding hydrogens is 330 g/mol. The predicted molar refractivity (Wildman–Crippen MR) is 102 cm³/mol. The molecule has 26 heavy (non-hydrogen) atoms. The normalized spacial score (nSPS) is 16.1. The molecule has 2 N–H and O–H groups in total. The van der Waals surface area contributed by atoms with E-state index in [1.165, 1.54) is 0 Å². The molecule has 0 radical (unpaired) electrons. The van der Waals surface area contributed by atoms with E-state index in [1.807, 2.05) is 37.3 Å². The van der Waals surface area contributed by atoms with Crippen molar-refractivity contribution in [2.24, 2.45) is 0 Å². The van der Waals surface area contributed by atoms with Crippen LogP contribution in [0.5, 0.6) is 0 Å². The second-order valence-corrected chi connectivity index (χ2v) is 6.12. The number of rotatable bonds is 5. The topological polar surface area (TPSA) is 70.7 Å². The summed E-state index contributed by atoms with van der Waals surface area (Å²) < 4.78 is 5.24. The van der Waals surface area contributed by atoms with Crippen LogP contribution in [0.4, 0.5) is 16.2 Å². The summed E-state index contributed by atoms with van der Waals surface area (Å²) in [6.07, 6.45) is 0.827. The Hall–Kier alpha value is -2.86. The van der Waals surface area contributed by atoms with Crippen molar-refractivity contribution >= 4 is 23.3 Å². The average Bonchev–Trinajstić information content (AvgIpc) is 3.16. The Morgan fingerprint density at radius 3 is 2.46 bits per heavy atom. The summed E-state index contributed by atoms with van der Waals surface area (Å²) in [5, 5.41) is 5.64. The number of benzene rings is 2. The monoisotopic (exact) mass is 353 g/mol. The minimum atomic E-state index is -0.265. The summed E-state index contributed by atoms with van der Waals surface area (Å²) in [6, 6.07) is 16.3. The molecule has 3 amide bonds. The first-order valence-corrected chi connectivity index (χ1v) is 8.79. The Morgan fingerprint density at radius 1 is 1.12 bits per heavy atom. The molecule has 1 aliphatic rings. The van der Waals surface area contributed by atoms with E-state index in [2.05, 4.69) is 10.6 Å². The van der Waals surface area contributed by atoms with Gasteiger partial charge >= 0.3 is 6.03 Å². The van der Waals surface area contributed by atoms with Crippen molar-refractivity contribution in [1.82, 2.24) is 5.32 Å². The first-order chi connectivity index (χ1) is 12.7. The molecule has 0 aliphatic carbocycles. The summed E-state index contributed by atoms with van der Waals surface area (Å²) in [5.74, 6) is -0.0715. The van der Waals surface area contributed by atoms with E-state index in [1.54, 1.807) is 29.2 Å². The number of hydrogen-bond donors (Lipinski definition) is 2. The third-order valence-electron chi connectivity index (χ3n) is 4.28. The molecule has 1 aliphatic heterocycles. The average molecular weight is 353 g/mol. The molecule has 0 bridgehead atoms. The molecule has 2 aromatic rings. The van der Waals surface area contributed by atoms with Gasteiger partial charge in [-0.1, -0.05) is 18.2 Å². The van der Waals surface area contributed by atoms with Crippen LogP contribution in [0.25, 0.3) is 0 Å². The molecule has 6 heteroatoms. The maximum Gasteiger partial charge on any atom is 0.319 e. The Labute approximate surface area is 153 Å². The van der Waals surface area contributed by atoms with Gasteiger partial charge in [0.15, 0.2) is 0 Å². The first kappa shape index (κ1) is 17.9. The highest BCUT2D eigenvalue weighted by atomic mass is 16.5. The second kappa shape index (κ2) is 8.49. The van der Waals surface area contributed by atoms with E-state index in [-0.39, 0.29) is 18.0 Å². The van der Waals surface area contributed by atoms with Gasteiger partial charge in [-0.05, 0) is 49.7 Å². The number of nitrogens with zero attached hydrogens (tertiary/aromatic N) is 1. The van der Waals surface area contributed by atoms with Gasteiger partial charge in [-0.3, -0.25) is 4.79 Å². The van der Waals surface area contributed by atoms with E-state index in [4.69, 9.17) is 4.74 Å². The van der Waals surface area contributed by atoms with Crippen LogP contribution in [0, 0.1) is 0 Å². The molecule has 3 rings (SSSR count). The Balaban J connectivity index is 1.62. The maximum absolute atomic E-state index is 12.8. The number of urea groups is 1. The van der Waals surface area contributed by atoms with Crippen molar-refractivity contribution in [1.29, 1.82) is 0 Å². The lowest BCUT2D eigenvalue weighted by Crippen LogP contribution is -2.38. The van der Waals surface area contributed by atoms with Gasteiger partial charge in [0, 0.05) is 30.1 Å². The number of carbonyl (C=O) groups excluding carboxylic acids is 2. The Morgan fingerprint density at radius 2 is 1.85 bits per heavy atom. The van der Waals surface area contributed by atoms with Gasteiger partial charge in [-0.2, -0.15) is 0 Å². The van der Waals surface area contributed by atoms with Crippen LogP contribution in [0.1, 0.15) is 23.7 Å². The zero-order chi connectivity index (χ0) is 18.4. The van der Waals surface area contributed by atoms with Gasteiger partial charge in [-0.15, -0.1) is 0 Å². The molecule has 136 valence electrons. The van der Waals surface area contributed by atoms with Crippen molar-refractivity contribution in [3.8, 4) is 0 Å². The molecule has 1 fully saturated rings. The number of nitrogens with one attached hydrogen (secondary N) is 2. The van der Waals surface area contributed by atoms with Gasteiger partial charge in [0.2, 0.25) is 0 Å². The molecule has 1 atom stereocenters.